The van der Waals surface area contributed by atoms with Crippen LogP contribution in [0.2, 0.25) is 0 Å². The highest BCUT2D eigenvalue weighted by Crippen LogP contribution is 2.32. The maximum Gasteiger partial charge on any atom is 0.0393 e. The second kappa shape index (κ2) is 5.93. The summed E-state index contributed by atoms with van der Waals surface area (Å²) in [6.45, 7) is 0. The fraction of sp³-hybridized carbons (Fsp3) is 0.438. The van der Waals surface area contributed by atoms with Crippen LogP contribution in [0.1, 0.15) is 37.3 Å². The van der Waals surface area contributed by atoms with Crippen molar-refractivity contribution in [1.82, 2.24) is 4.98 Å². The van der Waals surface area contributed by atoms with E-state index in [2.05, 4.69) is 41.0 Å². The predicted octanol–water partition coefficient (Wildman–Crippen LogP) is 3.91. The highest BCUT2D eigenvalue weighted by atomic mass is 32.2. The average Bonchev–Trinajstić information content (AvgIpc) is 2.97. The fourth-order valence-electron chi connectivity index (χ4n) is 2.86. The summed E-state index contributed by atoms with van der Waals surface area (Å²) in [5, 5.41) is 3.26. The molecule has 1 atom stereocenters. The lowest BCUT2D eigenvalue weighted by atomic mass is 10.0. The van der Waals surface area contributed by atoms with E-state index in [4.69, 9.17) is 5.73 Å². The van der Waals surface area contributed by atoms with Crippen molar-refractivity contribution < 1.29 is 0 Å². The van der Waals surface area contributed by atoms with E-state index in [1.807, 2.05) is 12.4 Å². The van der Waals surface area contributed by atoms with Gasteiger partial charge in [-0.3, -0.25) is 4.98 Å². The number of rotatable bonds is 4. The van der Waals surface area contributed by atoms with Gasteiger partial charge in [-0.15, -0.1) is 0 Å². The second-order valence-corrected chi connectivity index (χ2v) is 6.62. The smallest absolute Gasteiger partial charge is 0.0393 e. The zero-order valence-electron chi connectivity index (χ0n) is 11.1. The number of pyridine rings is 1. The molecule has 0 radical (unpaired) electrons. The molecular formula is C16H20N2S. The SMILES string of the molecule is NC(CSC1CCCC1)c1cccc2cnccc12. The molecule has 19 heavy (non-hydrogen) atoms. The van der Waals surface area contributed by atoms with Crippen LogP contribution in [0.5, 0.6) is 0 Å². The summed E-state index contributed by atoms with van der Waals surface area (Å²) < 4.78 is 0. The van der Waals surface area contributed by atoms with Crippen molar-refractivity contribution in [2.24, 2.45) is 5.73 Å². The first-order valence-corrected chi connectivity index (χ1v) is 8.09. The van der Waals surface area contributed by atoms with Crippen molar-refractivity contribution in [2.45, 2.75) is 37.0 Å². The van der Waals surface area contributed by atoms with E-state index in [1.54, 1.807) is 0 Å². The van der Waals surface area contributed by atoms with Gasteiger partial charge in [0.25, 0.3) is 0 Å². The lowest BCUT2D eigenvalue weighted by Crippen LogP contribution is -2.15. The van der Waals surface area contributed by atoms with Gasteiger partial charge in [-0.2, -0.15) is 11.8 Å². The van der Waals surface area contributed by atoms with Crippen molar-refractivity contribution in [3.63, 3.8) is 0 Å². The van der Waals surface area contributed by atoms with Crippen LogP contribution in [-0.4, -0.2) is 16.0 Å². The highest BCUT2D eigenvalue weighted by molar-refractivity contribution is 7.99. The van der Waals surface area contributed by atoms with Crippen molar-refractivity contribution in [1.29, 1.82) is 0 Å². The van der Waals surface area contributed by atoms with Crippen molar-refractivity contribution in [2.75, 3.05) is 5.75 Å². The van der Waals surface area contributed by atoms with Gasteiger partial charge in [-0.05, 0) is 29.9 Å². The monoisotopic (exact) mass is 272 g/mol. The molecule has 3 rings (SSSR count). The van der Waals surface area contributed by atoms with Gasteiger partial charge in [0, 0.05) is 34.8 Å². The maximum atomic E-state index is 6.40. The Morgan fingerprint density at radius 2 is 2.11 bits per heavy atom. The number of benzene rings is 1. The van der Waals surface area contributed by atoms with E-state index >= 15 is 0 Å². The highest BCUT2D eigenvalue weighted by Gasteiger charge is 2.17. The van der Waals surface area contributed by atoms with Crippen LogP contribution >= 0.6 is 11.8 Å². The Kier molecular flexibility index (Phi) is 4.04. The molecule has 2 nitrogen and oxygen atoms in total. The molecule has 1 aliphatic rings. The molecule has 0 spiro atoms. The van der Waals surface area contributed by atoms with Gasteiger partial charge < -0.3 is 5.73 Å². The molecule has 2 N–H and O–H groups in total. The van der Waals surface area contributed by atoms with E-state index in [-0.39, 0.29) is 6.04 Å². The van der Waals surface area contributed by atoms with Crippen LogP contribution in [0.3, 0.4) is 0 Å². The van der Waals surface area contributed by atoms with Crippen LogP contribution in [0.25, 0.3) is 10.8 Å². The number of fused-ring (bicyclic) bond motifs is 1. The van der Waals surface area contributed by atoms with Crippen molar-refractivity contribution >= 4 is 22.5 Å². The number of thioether (sulfide) groups is 1. The van der Waals surface area contributed by atoms with Gasteiger partial charge in [-0.25, -0.2) is 0 Å². The number of nitrogens with two attached hydrogens (primary N) is 1. The first-order chi connectivity index (χ1) is 9.34. The standard InChI is InChI=1S/C16H20N2S/c17-16(11-19-13-5-1-2-6-13)15-7-3-4-12-10-18-9-8-14(12)15/h3-4,7-10,13,16H,1-2,5-6,11,17H2. The molecule has 0 bridgehead atoms. The summed E-state index contributed by atoms with van der Waals surface area (Å²) >= 11 is 2.05. The van der Waals surface area contributed by atoms with Gasteiger partial charge in [0.15, 0.2) is 0 Å². The number of aromatic nitrogens is 1. The normalized spacial score (nSPS) is 17.9. The zero-order valence-corrected chi connectivity index (χ0v) is 11.9. The average molecular weight is 272 g/mol. The quantitative estimate of drug-likeness (QED) is 0.917. The van der Waals surface area contributed by atoms with E-state index < -0.39 is 0 Å². The Bertz CT molecular complexity index is 544. The molecule has 1 fully saturated rings. The second-order valence-electron chi connectivity index (χ2n) is 5.29. The summed E-state index contributed by atoms with van der Waals surface area (Å²) in [6.07, 6.45) is 9.30. The Balaban J connectivity index is 1.75. The van der Waals surface area contributed by atoms with Crippen LogP contribution in [0.4, 0.5) is 0 Å². The Morgan fingerprint density at radius 1 is 1.26 bits per heavy atom. The van der Waals surface area contributed by atoms with Gasteiger partial charge >= 0.3 is 0 Å². The van der Waals surface area contributed by atoms with Gasteiger partial charge in [-0.1, -0.05) is 31.0 Å². The first kappa shape index (κ1) is 12.9. The molecule has 2 aromatic rings. The third kappa shape index (κ3) is 2.93. The van der Waals surface area contributed by atoms with E-state index in [0.717, 1.165) is 11.0 Å². The molecule has 1 aromatic heterocycles. The molecule has 1 heterocycles. The molecule has 1 unspecified atom stereocenters. The Morgan fingerprint density at radius 3 is 2.95 bits per heavy atom. The molecule has 0 aliphatic heterocycles. The fourth-order valence-corrected chi connectivity index (χ4v) is 4.18. The molecule has 1 aliphatic carbocycles. The molecule has 3 heteroatoms. The molecule has 0 saturated heterocycles. The van der Waals surface area contributed by atoms with Crippen LogP contribution < -0.4 is 5.73 Å². The Hall–Kier alpha value is -1.06. The van der Waals surface area contributed by atoms with E-state index in [9.17, 15) is 0 Å². The molecule has 1 aromatic carbocycles. The largest absolute Gasteiger partial charge is 0.323 e. The van der Waals surface area contributed by atoms with Gasteiger partial charge in [0.1, 0.15) is 0 Å². The first-order valence-electron chi connectivity index (χ1n) is 7.04. The Labute approximate surface area is 118 Å². The summed E-state index contributed by atoms with van der Waals surface area (Å²) in [5.74, 6) is 1.02. The van der Waals surface area contributed by atoms with Crippen molar-refractivity contribution in [3.8, 4) is 0 Å². The third-order valence-electron chi connectivity index (χ3n) is 3.93. The summed E-state index contributed by atoms with van der Waals surface area (Å²) in [4.78, 5) is 4.18. The molecule has 1 saturated carbocycles. The summed E-state index contributed by atoms with van der Waals surface area (Å²) in [5.41, 5.74) is 7.65. The zero-order chi connectivity index (χ0) is 13.1. The van der Waals surface area contributed by atoms with E-state index in [0.29, 0.717) is 0 Å². The lowest BCUT2D eigenvalue weighted by molar-refractivity contribution is 0.827. The predicted molar refractivity (Wildman–Crippen MR) is 83.4 cm³/mol. The van der Waals surface area contributed by atoms with Crippen LogP contribution in [-0.2, 0) is 0 Å². The van der Waals surface area contributed by atoms with E-state index in [1.165, 1.54) is 42.0 Å². The third-order valence-corrected chi connectivity index (χ3v) is 5.42. The maximum absolute atomic E-state index is 6.40. The minimum atomic E-state index is 0.122. The summed E-state index contributed by atoms with van der Waals surface area (Å²) in [6, 6.07) is 8.53. The number of hydrogen-bond acceptors (Lipinski definition) is 3. The molecule has 0 amide bonds. The molecular weight excluding hydrogens is 252 g/mol. The number of nitrogens with zero attached hydrogens (tertiary/aromatic N) is 1. The minimum absolute atomic E-state index is 0.122. The lowest BCUT2D eigenvalue weighted by Gasteiger charge is -2.16. The van der Waals surface area contributed by atoms with Crippen molar-refractivity contribution in [3.05, 3.63) is 42.2 Å². The topological polar surface area (TPSA) is 38.9 Å². The minimum Gasteiger partial charge on any atom is -0.323 e. The molecule has 100 valence electrons. The van der Waals surface area contributed by atoms with Gasteiger partial charge in [0.05, 0.1) is 0 Å². The number of hydrogen-bond donors (Lipinski definition) is 1. The van der Waals surface area contributed by atoms with Gasteiger partial charge in [0.2, 0.25) is 0 Å². The summed E-state index contributed by atoms with van der Waals surface area (Å²) in [7, 11) is 0. The van der Waals surface area contributed by atoms with Crippen LogP contribution in [0.15, 0.2) is 36.7 Å². The van der Waals surface area contributed by atoms with Crippen LogP contribution in [0, 0.1) is 0 Å².